The number of carbonyl (C=O) groups excluding carboxylic acids is 1. The van der Waals surface area contributed by atoms with Crippen LogP contribution in [0.2, 0.25) is 0 Å². The number of halogens is 1. The van der Waals surface area contributed by atoms with Crippen LogP contribution in [-0.4, -0.2) is 37.2 Å². The number of rotatable bonds is 3. The molecule has 31 heavy (non-hydrogen) atoms. The average Bonchev–Trinajstić information content (AvgIpc) is 3.11. The van der Waals surface area contributed by atoms with E-state index in [0.29, 0.717) is 28.1 Å². The molecule has 1 atom stereocenters. The van der Waals surface area contributed by atoms with Gasteiger partial charge in [0.2, 0.25) is 0 Å². The van der Waals surface area contributed by atoms with E-state index < -0.39 is 6.04 Å². The summed E-state index contributed by atoms with van der Waals surface area (Å²) in [7, 11) is 0. The zero-order chi connectivity index (χ0) is 21.7. The number of nitrogens with zero attached hydrogens (tertiary/aromatic N) is 5. The van der Waals surface area contributed by atoms with Gasteiger partial charge in [-0.25, -0.2) is 14.9 Å². The largest absolute Gasteiger partial charge is 0.271 e. The Bertz CT molecular complexity index is 1350. The molecule has 2 aliphatic rings. The molecule has 1 aromatic carbocycles. The summed E-state index contributed by atoms with van der Waals surface area (Å²) >= 11 is 4.75. The first-order valence-electron chi connectivity index (χ1n) is 9.83. The second-order valence-electron chi connectivity index (χ2n) is 7.68. The topological polar surface area (TPSA) is 79.4 Å². The van der Waals surface area contributed by atoms with Crippen molar-refractivity contribution >= 4 is 55.9 Å². The van der Waals surface area contributed by atoms with Gasteiger partial charge in [0.15, 0.2) is 5.17 Å². The highest BCUT2D eigenvalue weighted by Gasteiger charge is 2.42. The predicted octanol–water partition coefficient (Wildman–Crippen LogP) is 4.00. The third-order valence-electron chi connectivity index (χ3n) is 5.16. The fourth-order valence-electron chi connectivity index (χ4n) is 3.64. The van der Waals surface area contributed by atoms with Crippen LogP contribution in [0.15, 0.2) is 67.9 Å². The van der Waals surface area contributed by atoms with Crippen LogP contribution in [-0.2, 0) is 10.5 Å². The minimum atomic E-state index is -0.422. The number of aliphatic imine (C=N–C) groups is 2. The maximum Gasteiger partial charge on any atom is 0.259 e. The second-order valence-corrected chi connectivity index (χ2v) is 9.53. The van der Waals surface area contributed by atoms with Crippen LogP contribution in [0.4, 0.5) is 5.69 Å². The van der Waals surface area contributed by atoms with Gasteiger partial charge in [-0.3, -0.25) is 19.0 Å². The third-order valence-corrected chi connectivity index (χ3v) is 6.60. The second kappa shape index (κ2) is 7.72. The molecule has 0 saturated heterocycles. The quantitative estimate of drug-likeness (QED) is 0.549. The minimum Gasteiger partial charge on any atom is -0.271 e. The lowest BCUT2D eigenvalue weighted by molar-refractivity contribution is -0.125. The zero-order valence-electron chi connectivity index (χ0n) is 16.8. The number of para-hydroxylation sites is 1. The molecule has 7 nitrogen and oxygen atoms in total. The molecular formula is C22H18BrN5O2S. The number of benzene rings is 1. The number of amides is 1. The monoisotopic (exact) mass is 495 g/mol. The number of aromatic nitrogens is 2. The zero-order valence-corrected chi connectivity index (χ0v) is 19.2. The van der Waals surface area contributed by atoms with Gasteiger partial charge in [-0.1, -0.05) is 37.7 Å². The van der Waals surface area contributed by atoms with Crippen molar-refractivity contribution in [3.05, 3.63) is 74.7 Å². The van der Waals surface area contributed by atoms with Gasteiger partial charge in [0.05, 0.1) is 11.4 Å². The lowest BCUT2D eigenvalue weighted by Gasteiger charge is -2.25. The van der Waals surface area contributed by atoms with Crippen molar-refractivity contribution < 1.29 is 4.79 Å². The molecule has 0 radical (unpaired) electrons. The van der Waals surface area contributed by atoms with Crippen molar-refractivity contribution in [1.29, 1.82) is 0 Å². The van der Waals surface area contributed by atoms with E-state index in [0.717, 1.165) is 15.7 Å². The van der Waals surface area contributed by atoms with E-state index in [4.69, 9.17) is 9.98 Å². The van der Waals surface area contributed by atoms with Gasteiger partial charge >= 0.3 is 0 Å². The Morgan fingerprint density at radius 3 is 2.77 bits per heavy atom. The number of hydrogen-bond acceptors (Lipinski definition) is 6. The average molecular weight is 496 g/mol. The summed E-state index contributed by atoms with van der Waals surface area (Å²) in [6, 6.07) is 12.4. The first-order chi connectivity index (χ1) is 14.9. The summed E-state index contributed by atoms with van der Waals surface area (Å²) in [6.07, 6.45) is 1.70. The molecule has 2 aromatic heterocycles. The van der Waals surface area contributed by atoms with Gasteiger partial charge in [0.1, 0.15) is 17.5 Å². The van der Waals surface area contributed by atoms with Crippen LogP contribution in [0.25, 0.3) is 5.65 Å². The van der Waals surface area contributed by atoms with Gasteiger partial charge in [-0.15, -0.1) is 0 Å². The number of carbonyl (C=O) groups is 1. The predicted molar refractivity (Wildman–Crippen MR) is 126 cm³/mol. The molecule has 0 bridgehead atoms. The molecule has 5 rings (SSSR count). The Hall–Kier alpha value is -2.78. The number of thioether (sulfide) groups is 1. The van der Waals surface area contributed by atoms with Crippen LogP contribution >= 0.6 is 27.7 Å². The van der Waals surface area contributed by atoms with E-state index in [9.17, 15) is 9.59 Å². The van der Waals surface area contributed by atoms with Crippen molar-refractivity contribution in [1.82, 2.24) is 14.3 Å². The SMILES string of the molecule is CC(C)C1N=C2c3ccccc3N=C(SCc3cc(=O)n4cc(Br)ccc4n3)N2C1=O. The molecule has 0 aliphatic carbocycles. The van der Waals surface area contributed by atoms with Crippen LogP contribution in [0.1, 0.15) is 25.1 Å². The summed E-state index contributed by atoms with van der Waals surface area (Å²) in [6.45, 7) is 3.98. The Balaban J connectivity index is 1.49. The molecule has 0 fully saturated rings. The Labute approximate surface area is 191 Å². The summed E-state index contributed by atoms with van der Waals surface area (Å²) in [5, 5.41) is 0.559. The molecule has 0 saturated carbocycles. The molecular weight excluding hydrogens is 478 g/mol. The maximum absolute atomic E-state index is 13.1. The molecule has 3 aromatic rings. The summed E-state index contributed by atoms with van der Waals surface area (Å²) in [5.74, 6) is 1.08. The Morgan fingerprint density at radius 1 is 1.16 bits per heavy atom. The van der Waals surface area contributed by atoms with E-state index in [2.05, 4.69) is 20.9 Å². The molecule has 1 amide bonds. The molecule has 0 spiro atoms. The van der Waals surface area contributed by atoms with Crippen LogP contribution < -0.4 is 5.56 Å². The normalized spacial score (nSPS) is 17.6. The highest BCUT2D eigenvalue weighted by atomic mass is 79.9. The lowest BCUT2D eigenvalue weighted by Crippen LogP contribution is -2.42. The van der Waals surface area contributed by atoms with E-state index >= 15 is 0 Å². The van der Waals surface area contributed by atoms with Gasteiger partial charge in [-0.05, 0) is 46.1 Å². The van der Waals surface area contributed by atoms with Crippen LogP contribution in [0.3, 0.4) is 0 Å². The number of pyridine rings is 1. The minimum absolute atomic E-state index is 0.0675. The fraction of sp³-hybridized carbons (Fsp3) is 0.227. The van der Waals surface area contributed by atoms with Crippen molar-refractivity contribution in [2.24, 2.45) is 15.9 Å². The molecule has 2 aliphatic heterocycles. The van der Waals surface area contributed by atoms with E-state index in [1.807, 2.05) is 44.2 Å². The highest BCUT2D eigenvalue weighted by Crippen LogP contribution is 2.35. The molecule has 0 N–H and O–H groups in total. The maximum atomic E-state index is 13.1. The van der Waals surface area contributed by atoms with Gasteiger partial charge in [-0.2, -0.15) is 0 Å². The Morgan fingerprint density at radius 2 is 1.97 bits per heavy atom. The lowest BCUT2D eigenvalue weighted by atomic mass is 10.1. The first-order valence-corrected chi connectivity index (χ1v) is 11.6. The van der Waals surface area contributed by atoms with Crippen LogP contribution in [0, 0.1) is 5.92 Å². The molecule has 4 heterocycles. The summed E-state index contributed by atoms with van der Waals surface area (Å²) in [4.78, 5) is 41.3. The van der Waals surface area contributed by atoms with E-state index in [-0.39, 0.29) is 17.4 Å². The molecule has 1 unspecified atom stereocenters. The van der Waals surface area contributed by atoms with Crippen LogP contribution in [0.5, 0.6) is 0 Å². The fourth-order valence-corrected chi connectivity index (χ4v) is 4.87. The third kappa shape index (κ3) is 3.51. The number of fused-ring (bicyclic) bond motifs is 4. The van der Waals surface area contributed by atoms with Gasteiger partial charge in [0.25, 0.3) is 11.5 Å². The van der Waals surface area contributed by atoms with Gasteiger partial charge in [0, 0.05) is 28.1 Å². The van der Waals surface area contributed by atoms with Gasteiger partial charge < -0.3 is 0 Å². The summed E-state index contributed by atoms with van der Waals surface area (Å²) in [5.41, 5.74) is 2.69. The van der Waals surface area contributed by atoms with Crippen molar-refractivity contribution in [2.75, 3.05) is 0 Å². The smallest absolute Gasteiger partial charge is 0.259 e. The first kappa shape index (κ1) is 20.1. The molecule has 9 heteroatoms. The standard InChI is InChI=1S/C22H18BrN5O2S/c1-12(2)19-21(30)28-20(26-19)15-5-3-4-6-16(15)25-22(28)31-11-14-9-18(29)27-10-13(23)7-8-17(27)24-14/h3-10,12,19H,11H2,1-2H3. The Kier molecular flexibility index (Phi) is 5.02. The molecule has 156 valence electrons. The van der Waals surface area contributed by atoms with Crippen molar-refractivity contribution in [3.8, 4) is 0 Å². The van der Waals surface area contributed by atoms with E-state index in [1.54, 1.807) is 17.2 Å². The highest BCUT2D eigenvalue weighted by molar-refractivity contribution is 9.10. The number of hydrogen-bond donors (Lipinski definition) is 0. The van der Waals surface area contributed by atoms with Crippen molar-refractivity contribution in [3.63, 3.8) is 0 Å². The van der Waals surface area contributed by atoms with E-state index in [1.165, 1.54) is 22.2 Å². The summed E-state index contributed by atoms with van der Waals surface area (Å²) < 4.78 is 2.30. The van der Waals surface area contributed by atoms with Crippen molar-refractivity contribution in [2.45, 2.75) is 25.6 Å². The number of amidine groups is 2.